The van der Waals surface area contributed by atoms with Gasteiger partial charge in [0.2, 0.25) is 0 Å². The topological polar surface area (TPSA) is 26.3 Å². The first-order chi connectivity index (χ1) is 4.84. The van der Waals surface area contributed by atoms with Crippen molar-refractivity contribution in [2.45, 2.75) is 0 Å². The number of rotatable bonds is 1. The zero-order chi connectivity index (χ0) is 7.40. The maximum atomic E-state index is 11.3. The van der Waals surface area contributed by atoms with Crippen LogP contribution in [0.3, 0.4) is 0 Å². The van der Waals surface area contributed by atoms with Crippen molar-refractivity contribution < 1.29 is 14.3 Å². The number of carbonyl (C=O) groups is 1. The summed E-state index contributed by atoms with van der Waals surface area (Å²) in [7, 11) is 0. The van der Waals surface area contributed by atoms with Crippen LogP contribution in [-0.2, 0) is 4.94 Å². The van der Waals surface area contributed by atoms with Crippen LogP contribution < -0.4 is 0 Å². The first-order valence-corrected chi connectivity index (χ1v) is 6.19. The number of carbonyl (C=O) groups excluding carboxylic acids is 1. The molecule has 0 atom stereocenters. The molecule has 10 heavy (non-hydrogen) atoms. The molecule has 0 radical (unpaired) electrons. The third-order valence-electron chi connectivity index (χ3n) is 1.08. The van der Waals surface area contributed by atoms with E-state index in [-0.39, 0.29) is 0 Å². The molecule has 0 aromatic carbocycles. The summed E-state index contributed by atoms with van der Waals surface area (Å²) >= 11 is -2.11. The van der Waals surface area contributed by atoms with Gasteiger partial charge in [-0.05, 0) is 0 Å². The average Bonchev–Trinajstić information content (AvgIpc) is 2.05. The SMILES string of the molecule is O=[C](OF)[Ge]1=[CH]C=CC=[CH]1. The van der Waals surface area contributed by atoms with E-state index in [1.807, 2.05) is 0 Å². The molecule has 0 spiro atoms. The van der Waals surface area contributed by atoms with Crippen LogP contribution in [0.2, 0.25) is 0 Å². The van der Waals surface area contributed by atoms with Crippen LogP contribution in [0, 0.1) is 0 Å². The Kier molecular flexibility index (Phi) is 2.56. The van der Waals surface area contributed by atoms with Crippen LogP contribution in [0.5, 0.6) is 0 Å². The Bertz CT molecular complexity index is 230. The molecule has 0 unspecified atom stereocenters. The van der Waals surface area contributed by atoms with Crippen molar-refractivity contribution in [2.75, 3.05) is 0 Å². The second kappa shape index (κ2) is 3.46. The maximum absolute atomic E-state index is 11.3. The molecule has 0 saturated heterocycles. The van der Waals surface area contributed by atoms with Crippen molar-refractivity contribution in [1.82, 2.24) is 0 Å². The Morgan fingerprint density at radius 3 is 2.70 bits per heavy atom. The molecule has 0 N–H and O–H groups in total. The Labute approximate surface area is 61.5 Å². The molecule has 0 saturated carbocycles. The van der Waals surface area contributed by atoms with Gasteiger partial charge in [-0.1, -0.05) is 0 Å². The Hall–Kier alpha value is -0.707. The van der Waals surface area contributed by atoms with Gasteiger partial charge in [0, 0.05) is 0 Å². The number of hydrogen-bond donors (Lipinski definition) is 0. The second-order valence-electron chi connectivity index (χ2n) is 1.73. The van der Waals surface area contributed by atoms with E-state index in [1.54, 1.807) is 28.0 Å². The Balaban J connectivity index is 2.74. The van der Waals surface area contributed by atoms with Crippen LogP contribution in [0.1, 0.15) is 0 Å². The number of allylic oxidation sites excluding steroid dienone is 3. The summed E-state index contributed by atoms with van der Waals surface area (Å²) in [6, 6.07) is 0. The van der Waals surface area contributed by atoms with Crippen LogP contribution >= 0.6 is 0 Å². The normalized spacial score (nSPS) is 14.7. The Morgan fingerprint density at radius 1 is 1.40 bits per heavy atom. The standard InChI is InChI=1S/C6H5FGeO2/c7-10-6(9)8-4-2-1-3-5-8/h1-5H. The van der Waals surface area contributed by atoms with Crippen molar-refractivity contribution in [3.8, 4) is 0 Å². The van der Waals surface area contributed by atoms with Crippen LogP contribution in [0.15, 0.2) is 23.1 Å². The molecule has 1 heterocycles. The van der Waals surface area contributed by atoms with E-state index in [9.17, 15) is 9.32 Å². The van der Waals surface area contributed by atoms with Gasteiger partial charge in [-0.15, -0.1) is 0 Å². The van der Waals surface area contributed by atoms with E-state index < -0.39 is 18.7 Å². The molecule has 52 valence electrons. The van der Waals surface area contributed by atoms with Crippen molar-refractivity contribution in [3.63, 3.8) is 0 Å². The molecular weight excluding hydrogens is 196 g/mol. The molecule has 0 amide bonds. The first kappa shape index (κ1) is 7.40. The van der Waals surface area contributed by atoms with Gasteiger partial charge in [0.05, 0.1) is 0 Å². The molecule has 1 aliphatic rings. The van der Waals surface area contributed by atoms with Crippen LogP contribution in [0.4, 0.5) is 9.32 Å². The minimum absolute atomic E-state index is 0.708. The fourth-order valence-corrected chi connectivity index (χ4v) is 2.95. The molecule has 0 bridgehead atoms. The zero-order valence-electron chi connectivity index (χ0n) is 5.08. The average molecular weight is 201 g/mol. The summed E-state index contributed by atoms with van der Waals surface area (Å²) in [5.74, 6) is 0. The van der Waals surface area contributed by atoms with Crippen LogP contribution in [-0.4, -0.2) is 23.6 Å². The summed E-state index contributed by atoms with van der Waals surface area (Å²) in [6.07, 6.45) is 5.28. The van der Waals surface area contributed by atoms with Gasteiger partial charge in [-0.2, -0.15) is 0 Å². The third-order valence-corrected chi connectivity index (χ3v) is 4.54. The zero-order valence-corrected chi connectivity index (χ0v) is 7.18. The fourth-order valence-electron chi connectivity index (χ4n) is 0.619. The van der Waals surface area contributed by atoms with E-state index in [2.05, 4.69) is 4.94 Å². The number of halogens is 1. The molecule has 1 rings (SSSR count). The molecule has 0 aliphatic carbocycles. The van der Waals surface area contributed by atoms with E-state index >= 15 is 0 Å². The van der Waals surface area contributed by atoms with Gasteiger partial charge < -0.3 is 0 Å². The van der Waals surface area contributed by atoms with Gasteiger partial charge in [0.15, 0.2) is 0 Å². The van der Waals surface area contributed by atoms with Gasteiger partial charge in [-0.25, -0.2) is 0 Å². The molecule has 2 nitrogen and oxygen atoms in total. The van der Waals surface area contributed by atoms with Crippen molar-refractivity contribution in [3.05, 3.63) is 23.1 Å². The second-order valence-corrected chi connectivity index (χ2v) is 5.90. The Morgan fingerprint density at radius 2 is 2.20 bits per heavy atom. The van der Waals surface area contributed by atoms with E-state index in [0.717, 1.165) is 0 Å². The molecular formula is C6H5FGeO2. The summed E-state index contributed by atoms with van der Waals surface area (Å²) in [5.41, 5.74) is 0. The van der Waals surface area contributed by atoms with Crippen molar-refractivity contribution in [2.24, 2.45) is 0 Å². The predicted octanol–water partition coefficient (Wildman–Crippen LogP) is 1.13. The van der Waals surface area contributed by atoms with Crippen molar-refractivity contribution in [1.29, 1.82) is 0 Å². The minimum atomic E-state index is -2.11. The van der Waals surface area contributed by atoms with Crippen LogP contribution in [0.25, 0.3) is 0 Å². The molecule has 4 heteroatoms. The van der Waals surface area contributed by atoms with Gasteiger partial charge in [0.1, 0.15) is 0 Å². The first-order valence-electron chi connectivity index (χ1n) is 2.72. The van der Waals surface area contributed by atoms with E-state index in [0.29, 0.717) is 0 Å². The quantitative estimate of drug-likeness (QED) is 0.594. The number of hydrogen-bond acceptors (Lipinski definition) is 2. The molecule has 1 aliphatic heterocycles. The summed E-state index contributed by atoms with van der Waals surface area (Å²) in [4.78, 5) is 16.4. The van der Waals surface area contributed by atoms with E-state index in [4.69, 9.17) is 0 Å². The van der Waals surface area contributed by atoms with Gasteiger partial charge in [0.25, 0.3) is 0 Å². The predicted molar refractivity (Wildman–Crippen MR) is 37.7 cm³/mol. The van der Waals surface area contributed by atoms with Gasteiger partial charge in [-0.3, -0.25) is 0 Å². The molecule has 0 aromatic heterocycles. The summed E-state index contributed by atoms with van der Waals surface area (Å²) in [5, 5.41) is 0. The third kappa shape index (κ3) is 1.63. The molecule has 0 aromatic rings. The summed E-state index contributed by atoms with van der Waals surface area (Å²) in [6.45, 7) is 0. The van der Waals surface area contributed by atoms with Crippen molar-refractivity contribution >= 4 is 23.6 Å². The summed E-state index contributed by atoms with van der Waals surface area (Å²) < 4.78 is 11.3. The van der Waals surface area contributed by atoms with E-state index in [1.165, 1.54) is 0 Å². The fraction of sp³-hybridized carbons (Fsp3) is 0. The molecule has 0 fully saturated rings. The monoisotopic (exact) mass is 202 g/mol. The van der Waals surface area contributed by atoms with Gasteiger partial charge >= 0.3 is 61.0 Å².